The van der Waals surface area contributed by atoms with Crippen LogP contribution < -0.4 is 5.32 Å². The van der Waals surface area contributed by atoms with Gasteiger partial charge in [0.25, 0.3) is 0 Å². The van der Waals surface area contributed by atoms with Crippen LogP contribution in [-0.2, 0) is 5.41 Å². The van der Waals surface area contributed by atoms with Crippen molar-refractivity contribution in [2.75, 3.05) is 26.2 Å². The van der Waals surface area contributed by atoms with E-state index in [1.54, 1.807) is 0 Å². The fourth-order valence-electron chi connectivity index (χ4n) is 3.26. The molecule has 1 aliphatic heterocycles. The highest BCUT2D eigenvalue weighted by molar-refractivity contribution is 5.85. The maximum atomic E-state index is 3.47. The van der Waals surface area contributed by atoms with Crippen LogP contribution in [0.5, 0.6) is 0 Å². The predicted octanol–water partition coefficient (Wildman–Crippen LogP) is 4.82. The topological polar surface area (TPSA) is 15.3 Å². The average Bonchev–Trinajstić information content (AvgIpc) is 2.48. The van der Waals surface area contributed by atoms with E-state index in [2.05, 4.69) is 69.1 Å². The third-order valence-electron chi connectivity index (χ3n) is 4.85. The highest BCUT2D eigenvalue weighted by Crippen LogP contribution is 2.32. The van der Waals surface area contributed by atoms with E-state index in [0.29, 0.717) is 12.0 Å². The van der Waals surface area contributed by atoms with E-state index in [1.165, 1.54) is 17.5 Å². The molecular weight excluding hydrogens is 327 g/mol. The summed E-state index contributed by atoms with van der Waals surface area (Å²) in [6.45, 7) is 16.1. The summed E-state index contributed by atoms with van der Waals surface area (Å²) in [5.74, 6) is 0.698. The molecule has 0 aliphatic carbocycles. The highest BCUT2D eigenvalue weighted by Gasteiger charge is 2.26. The fraction of sp³-hybridized carbons (Fsp3) is 0.684. The first-order valence-corrected chi connectivity index (χ1v) is 8.48. The number of rotatable bonds is 4. The molecule has 1 aromatic rings. The van der Waals surface area contributed by atoms with E-state index in [0.717, 1.165) is 26.2 Å². The van der Waals surface area contributed by atoms with E-state index in [-0.39, 0.29) is 30.2 Å². The second kappa shape index (κ2) is 9.88. The van der Waals surface area contributed by atoms with Gasteiger partial charge >= 0.3 is 0 Å². The molecule has 23 heavy (non-hydrogen) atoms. The van der Waals surface area contributed by atoms with Gasteiger partial charge in [0.2, 0.25) is 0 Å². The number of nitrogens with one attached hydrogen (secondary N) is 1. The highest BCUT2D eigenvalue weighted by atomic mass is 35.5. The van der Waals surface area contributed by atoms with Crippen LogP contribution in [0.15, 0.2) is 24.3 Å². The molecular formula is C19H34Cl2N2. The van der Waals surface area contributed by atoms with Crippen LogP contribution >= 0.6 is 24.8 Å². The molecule has 2 rings (SSSR count). The second-order valence-electron chi connectivity index (χ2n) is 7.49. The lowest BCUT2D eigenvalue weighted by Gasteiger charge is -2.38. The Hall–Kier alpha value is -0.280. The Morgan fingerprint density at radius 3 is 2.00 bits per heavy atom. The van der Waals surface area contributed by atoms with Gasteiger partial charge in [-0.2, -0.15) is 0 Å². The zero-order valence-corrected chi connectivity index (χ0v) is 16.9. The van der Waals surface area contributed by atoms with Crippen molar-refractivity contribution in [1.29, 1.82) is 0 Å². The molecule has 1 aromatic carbocycles. The first-order chi connectivity index (χ1) is 9.93. The molecule has 1 saturated heterocycles. The Labute approximate surface area is 155 Å². The molecule has 4 heteroatoms. The lowest BCUT2D eigenvalue weighted by Crippen LogP contribution is -2.46. The normalized spacial score (nSPS) is 18.5. The monoisotopic (exact) mass is 360 g/mol. The lowest BCUT2D eigenvalue weighted by molar-refractivity contribution is 0.128. The summed E-state index contributed by atoms with van der Waals surface area (Å²) in [7, 11) is 0. The van der Waals surface area contributed by atoms with Crippen LogP contribution in [0.3, 0.4) is 0 Å². The third-order valence-corrected chi connectivity index (χ3v) is 4.85. The zero-order valence-electron chi connectivity index (χ0n) is 15.3. The summed E-state index contributed by atoms with van der Waals surface area (Å²) in [6, 6.07) is 9.93. The quantitative estimate of drug-likeness (QED) is 0.827. The van der Waals surface area contributed by atoms with Gasteiger partial charge in [0.1, 0.15) is 0 Å². The Bertz CT molecular complexity index is 434. The number of benzene rings is 1. The summed E-state index contributed by atoms with van der Waals surface area (Å²) in [5.41, 5.74) is 3.15. The summed E-state index contributed by atoms with van der Waals surface area (Å²) in [4.78, 5) is 2.66. The summed E-state index contributed by atoms with van der Waals surface area (Å²) in [6.07, 6.45) is 1.23. The van der Waals surface area contributed by atoms with E-state index in [4.69, 9.17) is 0 Å². The number of piperazine rings is 1. The minimum absolute atomic E-state index is 0. The molecule has 0 saturated carbocycles. The van der Waals surface area contributed by atoms with Crippen molar-refractivity contribution in [3.8, 4) is 0 Å². The van der Waals surface area contributed by atoms with Crippen molar-refractivity contribution in [3.05, 3.63) is 35.4 Å². The van der Waals surface area contributed by atoms with Crippen LogP contribution in [-0.4, -0.2) is 31.1 Å². The Kier molecular flexibility index (Phi) is 9.76. The maximum absolute atomic E-state index is 3.47. The predicted molar refractivity (Wildman–Crippen MR) is 106 cm³/mol. The SMILES string of the molecule is CCC(C)[C@H](c1ccc(C(C)(C)C)cc1)N1CCNCC1.Cl.Cl. The molecule has 0 radical (unpaired) electrons. The van der Waals surface area contributed by atoms with Crippen molar-refractivity contribution in [2.24, 2.45) is 5.92 Å². The number of hydrogen-bond acceptors (Lipinski definition) is 2. The second-order valence-corrected chi connectivity index (χ2v) is 7.49. The first kappa shape index (κ1) is 22.7. The molecule has 1 N–H and O–H groups in total. The minimum atomic E-state index is 0. The minimum Gasteiger partial charge on any atom is -0.314 e. The van der Waals surface area contributed by atoms with Gasteiger partial charge < -0.3 is 5.32 Å². The first-order valence-electron chi connectivity index (χ1n) is 8.48. The van der Waals surface area contributed by atoms with Gasteiger partial charge in [-0.3, -0.25) is 4.90 Å². The molecule has 1 unspecified atom stereocenters. The summed E-state index contributed by atoms with van der Waals surface area (Å²) >= 11 is 0. The number of nitrogens with zero attached hydrogens (tertiary/aromatic N) is 1. The van der Waals surface area contributed by atoms with Crippen molar-refractivity contribution < 1.29 is 0 Å². The zero-order chi connectivity index (χ0) is 15.5. The molecule has 2 atom stereocenters. The van der Waals surface area contributed by atoms with Crippen LogP contribution in [0.1, 0.15) is 58.2 Å². The summed E-state index contributed by atoms with van der Waals surface area (Å²) < 4.78 is 0. The van der Waals surface area contributed by atoms with Crippen molar-refractivity contribution in [3.63, 3.8) is 0 Å². The van der Waals surface area contributed by atoms with E-state index < -0.39 is 0 Å². The van der Waals surface area contributed by atoms with Crippen LogP contribution in [0.25, 0.3) is 0 Å². The lowest BCUT2D eigenvalue weighted by atomic mass is 9.84. The molecule has 0 bridgehead atoms. The standard InChI is InChI=1S/C19H32N2.2ClH/c1-6-15(2)18(21-13-11-20-12-14-21)16-7-9-17(10-8-16)19(3,4)5;;/h7-10,15,18,20H,6,11-14H2,1-5H3;2*1H/t15?,18-;;/m1../s1. The molecule has 1 fully saturated rings. The van der Waals surface area contributed by atoms with Crippen LogP contribution in [0.2, 0.25) is 0 Å². The van der Waals surface area contributed by atoms with Gasteiger partial charge in [-0.05, 0) is 22.5 Å². The van der Waals surface area contributed by atoms with E-state index >= 15 is 0 Å². The average molecular weight is 361 g/mol. The fourth-order valence-corrected chi connectivity index (χ4v) is 3.26. The van der Waals surface area contributed by atoms with Gasteiger partial charge in [0.05, 0.1) is 0 Å². The molecule has 0 amide bonds. The summed E-state index contributed by atoms with van der Waals surface area (Å²) in [5, 5.41) is 3.47. The van der Waals surface area contributed by atoms with Gasteiger partial charge in [0.15, 0.2) is 0 Å². The third kappa shape index (κ3) is 5.94. The molecule has 0 spiro atoms. The molecule has 0 aromatic heterocycles. The van der Waals surface area contributed by atoms with Gasteiger partial charge in [0, 0.05) is 32.2 Å². The number of halogens is 2. The molecule has 2 nitrogen and oxygen atoms in total. The molecule has 1 aliphatic rings. The maximum Gasteiger partial charge on any atom is 0.0374 e. The molecule has 1 heterocycles. The van der Waals surface area contributed by atoms with Gasteiger partial charge in [-0.1, -0.05) is 65.3 Å². The van der Waals surface area contributed by atoms with E-state index in [9.17, 15) is 0 Å². The number of hydrogen-bond donors (Lipinski definition) is 1. The van der Waals surface area contributed by atoms with Gasteiger partial charge in [-0.15, -0.1) is 24.8 Å². The Balaban J connectivity index is 0.00000242. The van der Waals surface area contributed by atoms with Crippen LogP contribution in [0.4, 0.5) is 0 Å². The Morgan fingerprint density at radius 2 is 1.57 bits per heavy atom. The van der Waals surface area contributed by atoms with Crippen molar-refractivity contribution >= 4 is 24.8 Å². The Morgan fingerprint density at radius 1 is 1.04 bits per heavy atom. The smallest absolute Gasteiger partial charge is 0.0374 e. The van der Waals surface area contributed by atoms with Gasteiger partial charge in [-0.25, -0.2) is 0 Å². The van der Waals surface area contributed by atoms with Crippen molar-refractivity contribution in [1.82, 2.24) is 10.2 Å². The molecule has 134 valence electrons. The van der Waals surface area contributed by atoms with Crippen LogP contribution in [0, 0.1) is 5.92 Å². The van der Waals surface area contributed by atoms with Crippen molar-refractivity contribution in [2.45, 2.75) is 52.5 Å². The van der Waals surface area contributed by atoms with E-state index in [1.807, 2.05) is 0 Å². The largest absolute Gasteiger partial charge is 0.314 e.